The van der Waals surface area contributed by atoms with Gasteiger partial charge >= 0.3 is 13.8 Å². The van der Waals surface area contributed by atoms with Crippen molar-refractivity contribution in [3.63, 3.8) is 0 Å². The third kappa shape index (κ3) is 39.4. The highest BCUT2D eigenvalue weighted by atomic mass is 31.2. The summed E-state index contributed by atoms with van der Waals surface area (Å²) < 4.78 is 33.2. The first-order valence-electron chi connectivity index (χ1n) is 20.4. The molecule has 0 aliphatic heterocycles. The minimum absolute atomic E-state index is 0.0315. The summed E-state index contributed by atoms with van der Waals surface area (Å²) in [6, 6.07) is 0. The van der Waals surface area contributed by atoms with Gasteiger partial charge in [-0.15, -0.1) is 0 Å². The largest absolute Gasteiger partial charge is 0.472 e. The molecule has 3 N–H and O–H groups in total. The summed E-state index contributed by atoms with van der Waals surface area (Å²) >= 11 is 0. The molecule has 0 bridgehead atoms. The molecule has 0 saturated carbocycles. The van der Waals surface area contributed by atoms with Crippen molar-refractivity contribution in [3.05, 3.63) is 72.9 Å². The average Bonchev–Trinajstić information content (AvgIpc) is 3.15. The zero-order chi connectivity index (χ0) is 38.9. The Morgan fingerprint density at radius 1 is 0.604 bits per heavy atom. The lowest BCUT2D eigenvalue weighted by Crippen LogP contribution is -2.29. The number of aliphatic hydroxyl groups excluding tert-OH is 2. The highest BCUT2D eigenvalue weighted by Gasteiger charge is 2.26. The molecule has 306 valence electrons. The van der Waals surface area contributed by atoms with E-state index in [9.17, 15) is 19.4 Å². The lowest BCUT2D eigenvalue weighted by Gasteiger charge is -2.20. The van der Waals surface area contributed by atoms with Crippen molar-refractivity contribution in [1.29, 1.82) is 0 Å². The van der Waals surface area contributed by atoms with Crippen molar-refractivity contribution >= 4 is 13.8 Å². The highest BCUT2D eigenvalue weighted by Crippen LogP contribution is 2.43. The Kier molecular flexibility index (Phi) is 38.0. The fourth-order valence-electron chi connectivity index (χ4n) is 5.03. The van der Waals surface area contributed by atoms with Crippen LogP contribution in [0.3, 0.4) is 0 Å². The standard InChI is InChI=1S/C43H75O9P/c1-3-5-7-9-11-13-15-16-17-18-19-20-21-22-23-24-25-26-28-30-32-34-36-49-39-42(40-51-53(47,48)50-38-41(45)37-44)52-43(46)35-33-31-29-27-14-12-10-8-6-4-2/h5,7-8,10-11,13,16-17,19-20,22-23,41-42,44-45H,3-4,6,9,12,14-15,18,21,24-40H2,1-2H3,(H,47,48)/b7-5-,10-8-,13-11-,17-16-,20-19-,23-22-. The molecule has 0 radical (unpaired) electrons. The molecule has 53 heavy (non-hydrogen) atoms. The Bertz CT molecular complexity index is 1050. The SMILES string of the molecule is CC/C=C\C/C=C\C/C=C\C/C=C\C/C=C\CCCCCCCCOCC(COP(=O)(O)OCC(O)CO)OC(=O)CCCCCCC/C=C\CCC. The van der Waals surface area contributed by atoms with Crippen LogP contribution < -0.4 is 0 Å². The van der Waals surface area contributed by atoms with Crippen molar-refractivity contribution in [1.82, 2.24) is 0 Å². The number of rotatable bonds is 38. The number of allylic oxidation sites excluding steroid dienone is 12. The number of esters is 1. The second-order valence-corrected chi connectivity index (χ2v) is 14.7. The lowest BCUT2D eigenvalue weighted by molar-refractivity contribution is -0.154. The average molecular weight is 767 g/mol. The lowest BCUT2D eigenvalue weighted by atomic mass is 10.1. The van der Waals surface area contributed by atoms with Gasteiger partial charge in [-0.2, -0.15) is 0 Å². The predicted molar refractivity (Wildman–Crippen MR) is 219 cm³/mol. The van der Waals surface area contributed by atoms with Crippen LogP contribution in [0.1, 0.15) is 149 Å². The van der Waals surface area contributed by atoms with Crippen LogP contribution in [-0.2, 0) is 27.9 Å². The van der Waals surface area contributed by atoms with Crippen LogP contribution in [0.15, 0.2) is 72.9 Å². The van der Waals surface area contributed by atoms with Crippen molar-refractivity contribution in [2.24, 2.45) is 0 Å². The van der Waals surface area contributed by atoms with Crippen LogP contribution in [0.4, 0.5) is 0 Å². The van der Waals surface area contributed by atoms with Crippen molar-refractivity contribution in [3.8, 4) is 0 Å². The molecule has 10 heteroatoms. The molecule has 0 aliphatic rings. The topological polar surface area (TPSA) is 132 Å². The van der Waals surface area contributed by atoms with Gasteiger partial charge in [-0.25, -0.2) is 4.57 Å². The van der Waals surface area contributed by atoms with Crippen LogP contribution in [0.5, 0.6) is 0 Å². The van der Waals surface area contributed by atoms with Gasteiger partial charge in [0.05, 0.1) is 26.4 Å². The molecule has 0 heterocycles. The number of aliphatic hydroxyl groups is 2. The summed E-state index contributed by atoms with van der Waals surface area (Å²) in [7, 11) is -4.52. The van der Waals surface area contributed by atoms with E-state index in [0.29, 0.717) is 13.0 Å². The molecule has 0 aromatic carbocycles. The first-order chi connectivity index (χ1) is 25.8. The molecule has 0 aliphatic carbocycles. The second-order valence-electron chi connectivity index (χ2n) is 13.3. The molecule has 0 rings (SSSR count). The van der Waals surface area contributed by atoms with Crippen LogP contribution in [0.2, 0.25) is 0 Å². The van der Waals surface area contributed by atoms with Crippen molar-refractivity contribution in [2.75, 3.05) is 33.0 Å². The van der Waals surface area contributed by atoms with Crippen LogP contribution in [-0.4, -0.2) is 66.3 Å². The number of phosphoric acid groups is 1. The van der Waals surface area contributed by atoms with Gasteiger partial charge < -0.3 is 24.6 Å². The van der Waals surface area contributed by atoms with Gasteiger partial charge in [0.1, 0.15) is 12.2 Å². The normalized spacial score (nSPS) is 14.9. The number of phosphoric ester groups is 1. The van der Waals surface area contributed by atoms with E-state index in [4.69, 9.17) is 23.6 Å². The van der Waals surface area contributed by atoms with E-state index in [2.05, 4.69) is 86.8 Å². The van der Waals surface area contributed by atoms with Gasteiger partial charge in [0, 0.05) is 13.0 Å². The molecule has 3 unspecified atom stereocenters. The Morgan fingerprint density at radius 2 is 1.08 bits per heavy atom. The van der Waals surface area contributed by atoms with Gasteiger partial charge in [0.15, 0.2) is 0 Å². The summed E-state index contributed by atoms with van der Waals surface area (Å²) in [4.78, 5) is 22.5. The fourth-order valence-corrected chi connectivity index (χ4v) is 5.82. The third-order valence-electron chi connectivity index (χ3n) is 8.11. The molecular formula is C43H75O9P. The van der Waals surface area contributed by atoms with Crippen molar-refractivity contribution in [2.45, 2.75) is 161 Å². The van der Waals surface area contributed by atoms with Gasteiger partial charge in [-0.1, -0.05) is 138 Å². The minimum Gasteiger partial charge on any atom is -0.457 e. The zero-order valence-corrected chi connectivity index (χ0v) is 34.1. The zero-order valence-electron chi connectivity index (χ0n) is 33.2. The van der Waals surface area contributed by atoms with Crippen LogP contribution >= 0.6 is 7.82 Å². The van der Waals surface area contributed by atoms with E-state index < -0.39 is 45.8 Å². The summed E-state index contributed by atoms with van der Waals surface area (Å²) in [5.74, 6) is -0.404. The van der Waals surface area contributed by atoms with Gasteiger partial charge in [0.2, 0.25) is 0 Å². The highest BCUT2D eigenvalue weighted by molar-refractivity contribution is 7.47. The summed E-state index contributed by atoms with van der Waals surface area (Å²) in [5.41, 5.74) is 0. The molecule has 0 fully saturated rings. The van der Waals surface area contributed by atoms with Crippen LogP contribution in [0.25, 0.3) is 0 Å². The smallest absolute Gasteiger partial charge is 0.457 e. The van der Waals surface area contributed by atoms with E-state index in [1.807, 2.05) is 0 Å². The fraction of sp³-hybridized carbons (Fsp3) is 0.698. The Labute approximate surface area is 322 Å². The number of hydrogen-bond acceptors (Lipinski definition) is 8. The van der Waals surface area contributed by atoms with E-state index in [0.717, 1.165) is 96.3 Å². The number of hydrogen-bond donors (Lipinski definition) is 3. The molecule has 0 aromatic heterocycles. The predicted octanol–water partition coefficient (Wildman–Crippen LogP) is 11.0. The third-order valence-corrected chi connectivity index (χ3v) is 9.06. The summed E-state index contributed by atoms with van der Waals surface area (Å²) in [5, 5.41) is 18.3. The Balaban J connectivity index is 4.18. The monoisotopic (exact) mass is 767 g/mol. The maximum absolute atomic E-state index is 12.5. The number of unbranched alkanes of at least 4 members (excludes halogenated alkanes) is 12. The maximum atomic E-state index is 12.5. The first kappa shape index (κ1) is 50.9. The van der Waals surface area contributed by atoms with Gasteiger partial charge in [-0.05, 0) is 77.0 Å². The van der Waals surface area contributed by atoms with Gasteiger partial charge in [0.25, 0.3) is 0 Å². The molecule has 3 atom stereocenters. The van der Waals surface area contributed by atoms with E-state index >= 15 is 0 Å². The van der Waals surface area contributed by atoms with Gasteiger partial charge in [-0.3, -0.25) is 13.8 Å². The molecule has 9 nitrogen and oxygen atoms in total. The number of ether oxygens (including phenoxy) is 2. The first-order valence-corrected chi connectivity index (χ1v) is 21.9. The van der Waals surface area contributed by atoms with E-state index in [1.165, 1.54) is 25.7 Å². The van der Waals surface area contributed by atoms with E-state index in [-0.39, 0.29) is 13.0 Å². The maximum Gasteiger partial charge on any atom is 0.472 e. The number of carbonyl (C=O) groups excluding carboxylic acids is 1. The molecular weight excluding hydrogens is 691 g/mol. The molecule has 0 aromatic rings. The second kappa shape index (κ2) is 39.6. The molecule has 0 saturated heterocycles. The summed E-state index contributed by atoms with van der Waals surface area (Å²) in [6.07, 6.45) is 45.8. The molecule has 0 spiro atoms. The van der Waals surface area contributed by atoms with Crippen LogP contribution in [0, 0.1) is 0 Å². The Hall–Kier alpha value is -2.10. The van der Waals surface area contributed by atoms with Crippen molar-refractivity contribution < 1.29 is 43.0 Å². The molecule has 0 amide bonds. The summed E-state index contributed by atoms with van der Waals surface area (Å²) in [6.45, 7) is 3.26. The minimum atomic E-state index is -4.52. The van der Waals surface area contributed by atoms with E-state index in [1.54, 1.807) is 0 Å². The Morgan fingerprint density at radius 3 is 1.64 bits per heavy atom. The quantitative estimate of drug-likeness (QED) is 0.0243. The number of carbonyl (C=O) groups is 1.